The molecule has 1 atom stereocenters. The zero-order chi connectivity index (χ0) is 21.6. The van der Waals surface area contributed by atoms with Crippen LogP contribution in [0.3, 0.4) is 0 Å². The number of likely N-dealkylation sites (tertiary alicyclic amines) is 1. The number of para-hydroxylation sites is 1. The first kappa shape index (κ1) is 22.0. The Labute approximate surface area is 179 Å². The van der Waals surface area contributed by atoms with Gasteiger partial charge in [-0.3, -0.25) is 0 Å². The third kappa shape index (κ3) is 6.15. The van der Waals surface area contributed by atoms with E-state index in [0.29, 0.717) is 6.61 Å². The maximum Gasteiger partial charge on any atom is 0.410 e. The van der Waals surface area contributed by atoms with Gasteiger partial charge in [-0.15, -0.1) is 0 Å². The Balaban J connectivity index is 1.60. The molecule has 0 radical (unpaired) electrons. The third-order valence-corrected chi connectivity index (χ3v) is 5.23. The van der Waals surface area contributed by atoms with Gasteiger partial charge < -0.3 is 19.1 Å². The molecule has 1 saturated heterocycles. The number of amides is 1. The minimum Gasteiger partial charge on any atom is -0.497 e. The maximum absolute atomic E-state index is 12.5. The van der Waals surface area contributed by atoms with Crippen molar-refractivity contribution in [1.29, 1.82) is 0 Å². The van der Waals surface area contributed by atoms with Gasteiger partial charge in [0.1, 0.15) is 23.7 Å². The highest BCUT2D eigenvalue weighted by Crippen LogP contribution is 2.25. The average molecular weight is 412 g/mol. The van der Waals surface area contributed by atoms with E-state index in [1.54, 1.807) is 7.11 Å². The molecule has 1 aliphatic rings. The molecule has 1 fully saturated rings. The van der Waals surface area contributed by atoms with Gasteiger partial charge >= 0.3 is 6.09 Å². The molecule has 1 unspecified atom stereocenters. The number of aryl methyl sites for hydroxylation is 2. The number of carbonyl (C=O) groups excluding carboxylic acids is 1. The maximum atomic E-state index is 12.5. The number of carbonyl (C=O) groups is 1. The highest BCUT2D eigenvalue weighted by atomic mass is 16.6. The van der Waals surface area contributed by atoms with Crippen LogP contribution in [-0.2, 0) is 17.6 Å². The monoisotopic (exact) mass is 411 g/mol. The van der Waals surface area contributed by atoms with E-state index in [1.807, 2.05) is 56.0 Å². The zero-order valence-corrected chi connectivity index (χ0v) is 18.5. The number of hydrogen-bond acceptors (Lipinski definition) is 4. The molecule has 1 heterocycles. The quantitative estimate of drug-likeness (QED) is 0.624. The van der Waals surface area contributed by atoms with Crippen molar-refractivity contribution in [3.63, 3.8) is 0 Å². The molecular weight excluding hydrogens is 378 g/mol. The standard InChI is InChI=1S/C25H33NO4/c1-25(2,3)30-24(27)26-16-8-11-21(26)18-29-23-13-6-5-10-20(23)15-14-19-9-7-12-22(17-19)28-4/h5-7,9-10,12-13,17,21H,8,11,14-16,18H2,1-4H3. The van der Waals surface area contributed by atoms with Gasteiger partial charge in [0.2, 0.25) is 0 Å². The highest BCUT2D eigenvalue weighted by molar-refractivity contribution is 5.69. The minimum absolute atomic E-state index is 0.0475. The summed E-state index contributed by atoms with van der Waals surface area (Å²) >= 11 is 0. The molecule has 5 nitrogen and oxygen atoms in total. The Morgan fingerprint density at radius 2 is 1.90 bits per heavy atom. The fourth-order valence-electron chi connectivity index (χ4n) is 3.71. The normalized spacial score (nSPS) is 16.4. The highest BCUT2D eigenvalue weighted by Gasteiger charge is 2.32. The van der Waals surface area contributed by atoms with Gasteiger partial charge in [-0.05, 0) is 75.8 Å². The topological polar surface area (TPSA) is 48.0 Å². The number of ether oxygens (including phenoxy) is 3. The minimum atomic E-state index is -0.488. The van der Waals surface area contributed by atoms with Gasteiger partial charge in [-0.2, -0.15) is 0 Å². The van der Waals surface area contributed by atoms with Crippen LogP contribution in [0, 0.1) is 0 Å². The summed E-state index contributed by atoms with van der Waals surface area (Å²) in [7, 11) is 1.69. The van der Waals surface area contributed by atoms with Crippen LogP contribution < -0.4 is 9.47 Å². The van der Waals surface area contributed by atoms with Gasteiger partial charge in [-0.25, -0.2) is 4.79 Å². The molecule has 30 heavy (non-hydrogen) atoms. The Kier molecular flexibility index (Phi) is 7.24. The molecule has 0 bridgehead atoms. The lowest BCUT2D eigenvalue weighted by molar-refractivity contribution is 0.0187. The summed E-state index contributed by atoms with van der Waals surface area (Å²) in [5, 5.41) is 0. The van der Waals surface area contributed by atoms with Crippen LogP contribution in [0.4, 0.5) is 4.79 Å². The van der Waals surface area contributed by atoms with Crippen LogP contribution in [0.1, 0.15) is 44.7 Å². The van der Waals surface area contributed by atoms with Crippen LogP contribution in [0.2, 0.25) is 0 Å². The second-order valence-electron chi connectivity index (χ2n) is 8.74. The predicted molar refractivity (Wildman–Crippen MR) is 118 cm³/mol. The molecule has 0 aromatic heterocycles. The number of rotatable bonds is 7. The van der Waals surface area contributed by atoms with Crippen molar-refractivity contribution in [3.8, 4) is 11.5 Å². The van der Waals surface area contributed by atoms with Crippen LogP contribution in [0.15, 0.2) is 48.5 Å². The van der Waals surface area contributed by atoms with E-state index in [-0.39, 0.29) is 12.1 Å². The summed E-state index contributed by atoms with van der Waals surface area (Å²) in [4.78, 5) is 14.3. The van der Waals surface area contributed by atoms with Crippen LogP contribution in [-0.4, -0.2) is 42.9 Å². The van der Waals surface area contributed by atoms with Crippen molar-refractivity contribution in [2.24, 2.45) is 0 Å². The van der Waals surface area contributed by atoms with Gasteiger partial charge in [0.15, 0.2) is 0 Å². The first-order valence-corrected chi connectivity index (χ1v) is 10.7. The van der Waals surface area contributed by atoms with E-state index in [1.165, 1.54) is 11.1 Å². The molecule has 0 saturated carbocycles. The summed E-state index contributed by atoms with van der Waals surface area (Å²) in [5.74, 6) is 1.76. The number of benzene rings is 2. The van der Waals surface area contributed by atoms with Crippen LogP contribution >= 0.6 is 0 Å². The molecule has 0 aliphatic carbocycles. The van der Waals surface area contributed by atoms with Crippen molar-refractivity contribution < 1.29 is 19.0 Å². The first-order valence-electron chi connectivity index (χ1n) is 10.7. The lowest BCUT2D eigenvalue weighted by atomic mass is 10.0. The van der Waals surface area contributed by atoms with Crippen molar-refractivity contribution in [3.05, 3.63) is 59.7 Å². The molecule has 2 aromatic carbocycles. The van der Waals surface area contributed by atoms with E-state index in [0.717, 1.165) is 43.7 Å². The molecule has 0 spiro atoms. The summed E-state index contributed by atoms with van der Waals surface area (Å²) in [6, 6.07) is 16.3. The van der Waals surface area contributed by atoms with E-state index >= 15 is 0 Å². The van der Waals surface area contributed by atoms with Crippen LogP contribution in [0.25, 0.3) is 0 Å². The number of methoxy groups -OCH3 is 1. The first-order chi connectivity index (χ1) is 14.4. The molecular formula is C25H33NO4. The molecule has 1 aliphatic heterocycles. The lowest BCUT2D eigenvalue weighted by Crippen LogP contribution is -2.42. The molecule has 0 N–H and O–H groups in total. The summed E-state index contributed by atoms with van der Waals surface area (Å²) < 4.78 is 17.1. The molecule has 2 aromatic rings. The molecule has 3 rings (SSSR count). The Morgan fingerprint density at radius 1 is 1.10 bits per heavy atom. The van der Waals surface area contributed by atoms with E-state index in [4.69, 9.17) is 14.2 Å². The fraction of sp³-hybridized carbons (Fsp3) is 0.480. The predicted octanol–water partition coefficient (Wildman–Crippen LogP) is 5.26. The number of nitrogens with zero attached hydrogens (tertiary/aromatic N) is 1. The average Bonchev–Trinajstić information content (AvgIpc) is 3.19. The van der Waals surface area contributed by atoms with Gasteiger partial charge in [-0.1, -0.05) is 30.3 Å². The van der Waals surface area contributed by atoms with Gasteiger partial charge in [0, 0.05) is 6.54 Å². The Bertz CT molecular complexity index is 843. The van der Waals surface area contributed by atoms with Gasteiger partial charge in [0.05, 0.1) is 13.2 Å². The molecule has 162 valence electrons. The van der Waals surface area contributed by atoms with E-state index in [9.17, 15) is 4.79 Å². The Hall–Kier alpha value is -2.69. The lowest BCUT2D eigenvalue weighted by Gasteiger charge is -2.28. The Morgan fingerprint density at radius 3 is 2.67 bits per heavy atom. The molecule has 5 heteroatoms. The van der Waals surface area contributed by atoms with Crippen LogP contribution in [0.5, 0.6) is 11.5 Å². The second kappa shape index (κ2) is 9.88. The summed E-state index contributed by atoms with van der Waals surface area (Å²) in [6.45, 7) is 6.89. The van der Waals surface area contributed by atoms with E-state index in [2.05, 4.69) is 18.2 Å². The fourth-order valence-corrected chi connectivity index (χ4v) is 3.71. The van der Waals surface area contributed by atoms with Crippen molar-refractivity contribution in [2.75, 3.05) is 20.3 Å². The van der Waals surface area contributed by atoms with Crippen molar-refractivity contribution in [1.82, 2.24) is 4.90 Å². The smallest absolute Gasteiger partial charge is 0.410 e. The summed E-state index contributed by atoms with van der Waals surface area (Å²) in [6.07, 6.45) is 3.45. The summed E-state index contributed by atoms with van der Waals surface area (Å²) in [5.41, 5.74) is 1.91. The van der Waals surface area contributed by atoms with Gasteiger partial charge in [0.25, 0.3) is 0 Å². The largest absolute Gasteiger partial charge is 0.497 e. The zero-order valence-electron chi connectivity index (χ0n) is 18.5. The van der Waals surface area contributed by atoms with Crippen molar-refractivity contribution in [2.45, 2.75) is 58.1 Å². The SMILES string of the molecule is COc1cccc(CCc2ccccc2OCC2CCCN2C(=O)OC(C)(C)C)c1. The van der Waals surface area contributed by atoms with Crippen molar-refractivity contribution >= 4 is 6.09 Å². The third-order valence-electron chi connectivity index (χ3n) is 5.23. The second-order valence-corrected chi connectivity index (χ2v) is 8.74. The van der Waals surface area contributed by atoms with E-state index < -0.39 is 5.60 Å². The molecule has 1 amide bonds. The number of hydrogen-bond donors (Lipinski definition) is 0.